The predicted molar refractivity (Wildman–Crippen MR) is 160 cm³/mol. The molecule has 208 valence electrons. The van der Waals surface area contributed by atoms with Crippen molar-refractivity contribution in [3.63, 3.8) is 0 Å². The van der Waals surface area contributed by atoms with Gasteiger partial charge in [0.25, 0.3) is 5.91 Å². The molecular weight excluding hydrogens is 573 g/mol. The highest BCUT2D eigenvalue weighted by atomic mass is 35.5. The second kappa shape index (κ2) is 9.82. The Kier molecular flexibility index (Phi) is 6.18. The minimum atomic E-state index is -1.13. The summed E-state index contributed by atoms with van der Waals surface area (Å²) in [6.45, 7) is 0. The van der Waals surface area contributed by atoms with E-state index in [1.54, 1.807) is 36.5 Å². The van der Waals surface area contributed by atoms with Crippen LogP contribution in [0.5, 0.6) is 5.75 Å². The van der Waals surface area contributed by atoms with Crippen molar-refractivity contribution in [2.24, 2.45) is 16.9 Å². The maximum Gasteiger partial charge on any atom is 0.272 e. The van der Waals surface area contributed by atoms with Crippen molar-refractivity contribution in [3.05, 3.63) is 129 Å². The summed E-state index contributed by atoms with van der Waals surface area (Å²) in [6.07, 6.45) is 1.61. The molecule has 0 radical (unpaired) electrons. The Hall–Kier alpha value is -4.46. The van der Waals surface area contributed by atoms with Crippen LogP contribution in [0.2, 0.25) is 10.0 Å². The van der Waals surface area contributed by atoms with Gasteiger partial charge in [0.1, 0.15) is 5.75 Å². The second-order valence-corrected chi connectivity index (χ2v) is 11.4. The molecule has 42 heavy (non-hydrogen) atoms. The first-order chi connectivity index (χ1) is 20.4. The summed E-state index contributed by atoms with van der Waals surface area (Å²) in [7, 11) is 1.51. The summed E-state index contributed by atoms with van der Waals surface area (Å²) < 4.78 is 5.54. The van der Waals surface area contributed by atoms with E-state index in [0.29, 0.717) is 16.5 Å². The summed E-state index contributed by atoms with van der Waals surface area (Å²) in [5.74, 6) is -2.55. The van der Waals surface area contributed by atoms with Crippen LogP contribution >= 0.6 is 23.2 Å². The molecule has 1 aliphatic heterocycles. The quantitative estimate of drug-likeness (QED) is 0.175. The van der Waals surface area contributed by atoms with Gasteiger partial charge < -0.3 is 4.74 Å². The van der Waals surface area contributed by atoms with E-state index in [2.05, 4.69) is 10.5 Å². The van der Waals surface area contributed by atoms with E-state index in [4.69, 9.17) is 27.9 Å². The van der Waals surface area contributed by atoms with Gasteiger partial charge in [-0.1, -0.05) is 83.9 Å². The van der Waals surface area contributed by atoms with Gasteiger partial charge in [0.2, 0.25) is 11.8 Å². The molecule has 2 bridgehead atoms. The number of hydrogen-bond donors (Lipinski definition) is 1. The van der Waals surface area contributed by atoms with Gasteiger partial charge in [-0.05, 0) is 52.6 Å². The fraction of sp³-hybridized carbons (Fsp3) is 0.152. The molecule has 0 unspecified atom stereocenters. The van der Waals surface area contributed by atoms with Crippen LogP contribution in [0.1, 0.15) is 38.5 Å². The van der Waals surface area contributed by atoms with Crippen LogP contribution in [-0.2, 0) is 15.0 Å². The zero-order valence-electron chi connectivity index (χ0n) is 22.3. The standard InChI is InChI=1S/C33H23Cl2N3O4/c1-42-26-13-7-6-12-25(26)38-31(40)28-27-19-8-2-4-10-22(19)33(29(28)32(38)41,23-11-5-3-9-20(23)27)17-36-37-30(39)21-15-14-18(34)16-24(21)35/h2-17,27-29H,1H3,(H,37,39)/b36-17-/t27?,28-,29+,33?/m1/s1. The molecule has 2 atom stereocenters. The van der Waals surface area contributed by atoms with Crippen LogP contribution in [-0.4, -0.2) is 31.0 Å². The van der Waals surface area contributed by atoms with Crippen molar-refractivity contribution >= 4 is 52.8 Å². The third-order valence-corrected chi connectivity index (χ3v) is 9.17. The lowest BCUT2D eigenvalue weighted by molar-refractivity contribution is -0.122. The van der Waals surface area contributed by atoms with Gasteiger partial charge >= 0.3 is 0 Å². The molecule has 0 saturated carbocycles. The lowest BCUT2D eigenvalue weighted by Crippen LogP contribution is -2.54. The van der Waals surface area contributed by atoms with Gasteiger partial charge in [-0.2, -0.15) is 5.10 Å². The molecule has 1 fully saturated rings. The lowest BCUT2D eigenvalue weighted by atomic mass is 9.47. The number of nitrogens with one attached hydrogen (secondary N) is 1. The average Bonchev–Trinajstić information content (AvgIpc) is 3.27. The number of amides is 3. The molecule has 4 aromatic rings. The predicted octanol–water partition coefficient (Wildman–Crippen LogP) is 5.97. The highest BCUT2D eigenvalue weighted by molar-refractivity contribution is 6.36. The number of rotatable bonds is 5. The van der Waals surface area contributed by atoms with Gasteiger partial charge in [0.05, 0.1) is 40.6 Å². The number of carbonyl (C=O) groups excluding carboxylic acids is 3. The van der Waals surface area contributed by atoms with Crippen molar-refractivity contribution < 1.29 is 19.1 Å². The fourth-order valence-corrected chi connectivity index (χ4v) is 7.52. The van der Waals surface area contributed by atoms with Crippen molar-refractivity contribution in [2.75, 3.05) is 12.0 Å². The molecule has 7 nitrogen and oxygen atoms in total. The molecular formula is C33H23Cl2N3O4. The Morgan fingerprint density at radius 2 is 1.55 bits per heavy atom. The molecule has 1 N–H and O–H groups in total. The zero-order valence-corrected chi connectivity index (χ0v) is 23.8. The van der Waals surface area contributed by atoms with Crippen molar-refractivity contribution in [1.29, 1.82) is 0 Å². The number of imide groups is 1. The number of para-hydroxylation sites is 2. The third-order valence-electron chi connectivity index (χ3n) is 8.62. The maximum absolute atomic E-state index is 14.5. The van der Waals surface area contributed by atoms with Crippen LogP contribution in [0.4, 0.5) is 5.69 Å². The van der Waals surface area contributed by atoms with E-state index in [0.717, 1.165) is 22.3 Å². The number of ether oxygens (including phenoxy) is 1. The van der Waals surface area contributed by atoms with E-state index in [9.17, 15) is 14.4 Å². The van der Waals surface area contributed by atoms with Gasteiger partial charge in [-0.15, -0.1) is 0 Å². The highest BCUT2D eigenvalue weighted by Crippen LogP contribution is 2.63. The first-order valence-electron chi connectivity index (χ1n) is 13.4. The Bertz CT molecular complexity index is 1790. The van der Waals surface area contributed by atoms with E-state index in [-0.39, 0.29) is 28.3 Å². The molecule has 8 rings (SSSR count). The largest absolute Gasteiger partial charge is 0.495 e. The first kappa shape index (κ1) is 26.4. The minimum absolute atomic E-state index is 0.186. The second-order valence-electron chi connectivity index (χ2n) is 10.5. The number of hydrogen-bond acceptors (Lipinski definition) is 5. The Morgan fingerprint density at radius 1 is 0.905 bits per heavy atom. The molecule has 1 saturated heterocycles. The maximum atomic E-state index is 14.5. The van der Waals surface area contributed by atoms with E-state index in [1.165, 1.54) is 24.1 Å². The van der Waals surface area contributed by atoms with Crippen molar-refractivity contribution in [1.82, 2.24) is 5.43 Å². The number of halogens is 2. The molecule has 9 heteroatoms. The third kappa shape index (κ3) is 3.60. The Morgan fingerprint density at radius 3 is 2.21 bits per heavy atom. The van der Waals surface area contributed by atoms with Crippen LogP contribution < -0.4 is 15.1 Å². The number of nitrogens with zero attached hydrogens (tertiary/aromatic N) is 2. The molecule has 4 aliphatic rings. The topological polar surface area (TPSA) is 88.1 Å². The van der Waals surface area contributed by atoms with Gasteiger partial charge in [0.15, 0.2) is 0 Å². The minimum Gasteiger partial charge on any atom is -0.495 e. The summed E-state index contributed by atoms with van der Waals surface area (Å²) >= 11 is 12.3. The smallest absolute Gasteiger partial charge is 0.272 e. The van der Waals surface area contributed by atoms with Gasteiger partial charge in [-0.3, -0.25) is 14.4 Å². The number of benzene rings is 4. The summed E-state index contributed by atoms with van der Waals surface area (Å²) in [4.78, 5) is 43.1. The van der Waals surface area contributed by atoms with E-state index < -0.39 is 23.2 Å². The van der Waals surface area contributed by atoms with Crippen molar-refractivity contribution in [2.45, 2.75) is 11.3 Å². The number of hydrazone groups is 1. The number of carbonyl (C=O) groups is 3. The summed E-state index contributed by atoms with van der Waals surface area (Å²) in [6, 6.07) is 27.2. The van der Waals surface area contributed by atoms with E-state index in [1.807, 2.05) is 48.5 Å². The normalized spacial score (nSPS) is 23.5. The first-order valence-corrected chi connectivity index (χ1v) is 14.1. The van der Waals surface area contributed by atoms with Crippen LogP contribution in [0.25, 0.3) is 0 Å². The molecule has 3 amide bonds. The molecule has 3 aliphatic carbocycles. The van der Waals surface area contributed by atoms with Crippen LogP contribution in [0, 0.1) is 11.8 Å². The number of methoxy groups -OCH3 is 1. The van der Waals surface area contributed by atoms with Crippen LogP contribution in [0.15, 0.2) is 96.1 Å². The molecule has 0 spiro atoms. The zero-order chi connectivity index (χ0) is 29.2. The highest BCUT2D eigenvalue weighted by Gasteiger charge is 2.68. The Labute approximate surface area is 251 Å². The SMILES string of the molecule is COc1ccccc1N1C(=O)[C@@H]2C3c4ccccc4C(/C=N\NC(=O)c4ccc(Cl)cc4Cl)(c4ccccc43)[C@@H]2C1=O. The van der Waals surface area contributed by atoms with E-state index >= 15 is 0 Å². The number of anilines is 1. The van der Waals surface area contributed by atoms with Crippen LogP contribution in [0.3, 0.4) is 0 Å². The molecule has 1 heterocycles. The summed E-state index contributed by atoms with van der Waals surface area (Å²) in [5.41, 5.74) is 5.72. The Balaban J connectivity index is 1.40. The molecule has 4 aromatic carbocycles. The monoisotopic (exact) mass is 595 g/mol. The lowest BCUT2D eigenvalue weighted by Gasteiger charge is -2.52. The van der Waals surface area contributed by atoms with Gasteiger partial charge in [0, 0.05) is 17.2 Å². The summed E-state index contributed by atoms with van der Waals surface area (Å²) in [5, 5.41) is 5.02. The van der Waals surface area contributed by atoms with Gasteiger partial charge in [-0.25, -0.2) is 10.3 Å². The average molecular weight is 596 g/mol. The fourth-order valence-electron chi connectivity index (χ4n) is 7.03. The van der Waals surface area contributed by atoms with Crippen molar-refractivity contribution in [3.8, 4) is 5.75 Å². The molecule has 0 aromatic heterocycles.